The largest absolute Gasteiger partial charge is 0.493 e. The maximum atomic E-state index is 11.3. The number of hydrogen-bond donors (Lipinski definition) is 0. The third-order valence-corrected chi connectivity index (χ3v) is 4.36. The van der Waals surface area contributed by atoms with E-state index in [1.54, 1.807) is 16.8 Å². The summed E-state index contributed by atoms with van der Waals surface area (Å²) in [5.41, 5.74) is 2.07. The molecule has 0 N–H and O–H groups in total. The number of rotatable bonds is 8. The Kier molecular flexibility index (Phi) is 5.56. The third kappa shape index (κ3) is 5.01. The number of ether oxygens (including phenoxy) is 2. The first-order chi connectivity index (χ1) is 14.2. The van der Waals surface area contributed by atoms with Crippen LogP contribution in [0.15, 0.2) is 70.0 Å². The molecule has 2 aromatic carbocycles. The van der Waals surface area contributed by atoms with Gasteiger partial charge in [-0.15, -0.1) is 5.10 Å². The van der Waals surface area contributed by atoms with Gasteiger partial charge in [-0.3, -0.25) is 4.68 Å². The molecule has 4 rings (SSSR count). The Morgan fingerprint density at radius 2 is 1.90 bits per heavy atom. The van der Waals surface area contributed by atoms with Crippen molar-refractivity contribution < 1.29 is 13.9 Å². The van der Waals surface area contributed by atoms with Crippen LogP contribution in [0.5, 0.6) is 11.5 Å². The summed E-state index contributed by atoms with van der Waals surface area (Å²) in [6.07, 6.45) is 2.64. The lowest BCUT2D eigenvalue weighted by atomic mass is 10.2. The molecular formula is C22H21N3O4. The van der Waals surface area contributed by atoms with Crippen molar-refractivity contribution in [1.29, 1.82) is 0 Å². The Balaban J connectivity index is 1.24. The summed E-state index contributed by atoms with van der Waals surface area (Å²) in [5, 5.41) is 9.12. The van der Waals surface area contributed by atoms with Gasteiger partial charge in [0.2, 0.25) is 0 Å². The normalized spacial score (nSPS) is 10.9. The first-order valence-electron chi connectivity index (χ1n) is 9.41. The summed E-state index contributed by atoms with van der Waals surface area (Å²) in [4.78, 5) is 11.3. The van der Waals surface area contributed by atoms with E-state index in [9.17, 15) is 4.79 Å². The summed E-state index contributed by atoms with van der Waals surface area (Å²) in [6.45, 7) is 3.60. The van der Waals surface area contributed by atoms with E-state index in [-0.39, 0.29) is 5.63 Å². The van der Waals surface area contributed by atoms with Crippen LogP contribution in [0.3, 0.4) is 0 Å². The van der Waals surface area contributed by atoms with E-state index in [0.717, 1.165) is 28.8 Å². The molecule has 0 bridgehead atoms. The Bertz CT molecular complexity index is 1170. The maximum absolute atomic E-state index is 11.3. The van der Waals surface area contributed by atoms with Gasteiger partial charge >= 0.3 is 5.63 Å². The fourth-order valence-electron chi connectivity index (χ4n) is 2.92. The van der Waals surface area contributed by atoms with Gasteiger partial charge in [-0.2, -0.15) is 0 Å². The summed E-state index contributed by atoms with van der Waals surface area (Å²) < 4.78 is 18.4. The molecule has 4 aromatic rings. The molecule has 0 saturated carbocycles. The molecule has 0 atom stereocenters. The minimum absolute atomic E-state index is 0.372. The first kappa shape index (κ1) is 18.7. The summed E-state index contributed by atoms with van der Waals surface area (Å²) in [6, 6.07) is 16.5. The van der Waals surface area contributed by atoms with Gasteiger partial charge in [0, 0.05) is 30.5 Å². The maximum Gasteiger partial charge on any atom is 0.336 e. The number of benzene rings is 2. The van der Waals surface area contributed by atoms with Crippen molar-refractivity contribution in [2.45, 2.75) is 26.5 Å². The Morgan fingerprint density at radius 1 is 1.03 bits per heavy atom. The SMILES string of the molecule is Cc1cccc(OCc2cn(CCCOc3ccc4ccc(=O)oc4c3)nn2)c1. The number of aryl methyl sites for hydroxylation is 2. The van der Waals surface area contributed by atoms with Gasteiger partial charge in [0.05, 0.1) is 12.8 Å². The zero-order valence-corrected chi connectivity index (χ0v) is 16.1. The van der Waals surface area contributed by atoms with Crippen LogP contribution in [-0.2, 0) is 13.2 Å². The molecule has 7 nitrogen and oxygen atoms in total. The molecule has 0 amide bonds. The Morgan fingerprint density at radius 3 is 2.79 bits per heavy atom. The van der Waals surface area contributed by atoms with Crippen LogP contribution in [0.4, 0.5) is 0 Å². The van der Waals surface area contributed by atoms with Crippen molar-refractivity contribution in [3.8, 4) is 11.5 Å². The molecule has 0 saturated heterocycles. The van der Waals surface area contributed by atoms with Gasteiger partial charge in [0.15, 0.2) is 0 Å². The fraction of sp³-hybridized carbons (Fsp3) is 0.227. The molecule has 0 spiro atoms. The number of aromatic nitrogens is 3. The summed E-state index contributed by atoms with van der Waals surface area (Å²) >= 11 is 0. The van der Waals surface area contributed by atoms with E-state index in [1.807, 2.05) is 49.5 Å². The van der Waals surface area contributed by atoms with E-state index in [0.29, 0.717) is 31.1 Å². The van der Waals surface area contributed by atoms with Crippen molar-refractivity contribution in [2.75, 3.05) is 6.61 Å². The van der Waals surface area contributed by atoms with E-state index in [1.165, 1.54) is 6.07 Å². The smallest absolute Gasteiger partial charge is 0.336 e. The second-order valence-corrected chi connectivity index (χ2v) is 6.73. The van der Waals surface area contributed by atoms with Crippen molar-refractivity contribution >= 4 is 11.0 Å². The van der Waals surface area contributed by atoms with Crippen LogP contribution in [0.2, 0.25) is 0 Å². The molecule has 0 aliphatic rings. The molecule has 0 unspecified atom stereocenters. The Labute approximate surface area is 167 Å². The van der Waals surface area contributed by atoms with E-state index >= 15 is 0 Å². The lowest BCUT2D eigenvalue weighted by Gasteiger charge is -2.06. The van der Waals surface area contributed by atoms with Crippen LogP contribution in [0.25, 0.3) is 11.0 Å². The van der Waals surface area contributed by atoms with Crippen LogP contribution in [0, 0.1) is 6.92 Å². The molecule has 29 heavy (non-hydrogen) atoms. The minimum Gasteiger partial charge on any atom is -0.493 e. The molecule has 2 aromatic heterocycles. The van der Waals surface area contributed by atoms with E-state index in [4.69, 9.17) is 13.9 Å². The lowest BCUT2D eigenvalue weighted by Crippen LogP contribution is -2.05. The van der Waals surface area contributed by atoms with Gasteiger partial charge in [0.1, 0.15) is 29.4 Å². The zero-order valence-electron chi connectivity index (χ0n) is 16.1. The van der Waals surface area contributed by atoms with Gasteiger partial charge in [-0.05, 0) is 42.8 Å². The predicted molar refractivity (Wildman–Crippen MR) is 108 cm³/mol. The van der Waals surface area contributed by atoms with Crippen LogP contribution in [0.1, 0.15) is 17.7 Å². The highest BCUT2D eigenvalue weighted by Crippen LogP contribution is 2.19. The summed E-state index contributed by atoms with van der Waals surface area (Å²) in [5.74, 6) is 1.48. The topological polar surface area (TPSA) is 79.4 Å². The monoisotopic (exact) mass is 391 g/mol. The standard InChI is InChI=1S/C22H21N3O4/c1-16-4-2-5-19(12-16)28-15-18-14-25(24-23-18)10-3-11-27-20-8-6-17-7-9-22(26)29-21(17)13-20/h2,4-9,12-14H,3,10-11,15H2,1H3. The van der Waals surface area contributed by atoms with Gasteiger partial charge in [0.25, 0.3) is 0 Å². The molecule has 0 radical (unpaired) electrons. The molecule has 148 valence electrons. The van der Waals surface area contributed by atoms with Crippen molar-refractivity contribution in [2.24, 2.45) is 0 Å². The third-order valence-electron chi connectivity index (χ3n) is 4.36. The van der Waals surface area contributed by atoms with Crippen LogP contribution >= 0.6 is 0 Å². The predicted octanol–water partition coefficient (Wildman–Crippen LogP) is 3.74. The average Bonchev–Trinajstić information content (AvgIpc) is 3.17. The fourth-order valence-corrected chi connectivity index (χ4v) is 2.92. The average molecular weight is 391 g/mol. The van der Waals surface area contributed by atoms with E-state index in [2.05, 4.69) is 10.3 Å². The lowest BCUT2D eigenvalue weighted by molar-refractivity contribution is 0.297. The van der Waals surface area contributed by atoms with Gasteiger partial charge in [-0.1, -0.05) is 17.3 Å². The molecule has 0 aliphatic carbocycles. The Hall–Kier alpha value is -3.61. The summed E-state index contributed by atoms with van der Waals surface area (Å²) in [7, 11) is 0. The van der Waals surface area contributed by atoms with Crippen LogP contribution in [-0.4, -0.2) is 21.6 Å². The highest BCUT2D eigenvalue weighted by atomic mass is 16.5. The number of fused-ring (bicyclic) bond motifs is 1. The molecule has 0 fully saturated rings. The molecular weight excluding hydrogens is 370 g/mol. The quantitative estimate of drug-likeness (QED) is 0.336. The van der Waals surface area contributed by atoms with Crippen molar-refractivity contribution in [3.63, 3.8) is 0 Å². The number of nitrogens with zero attached hydrogens (tertiary/aromatic N) is 3. The van der Waals surface area contributed by atoms with Gasteiger partial charge < -0.3 is 13.9 Å². The van der Waals surface area contributed by atoms with Crippen LogP contribution < -0.4 is 15.1 Å². The van der Waals surface area contributed by atoms with E-state index < -0.39 is 0 Å². The molecule has 2 heterocycles. The first-order valence-corrected chi connectivity index (χ1v) is 9.41. The number of hydrogen-bond acceptors (Lipinski definition) is 6. The van der Waals surface area contributed by atoms with Crippen molar-refractivity contribution in [3.05, 3.63) is 82.5 Å². The highest BCUT2D eigenvalue weighted by molar-refractivity contribution is 5.77. The zero-order chi connectivity index (χ0) is 20.1. The highest BCUT2D eigenvalue weighted by Gasteiger charge is 2.04. The molecule has 0 aliphatic heterocycles. The second kappa shape index (κ2) is 8.60. The second-order valence-electron chi connectivity index (χ2n) is 6.73. The minimum atomic E-state index is -0.372. The van der Waals surface area contributed by atoms with Gasteiger partial charge in [-0.25, -0.2) is 4.79 Å². The van der Waals surface area contributed by atoms with Crippen molar-refractivity contribution in [1.82, 2.24) is 15.0 Å². The molecule has 7 heteroatoms.